The van der Waals surface area contributed by atoms with Gasteiger partial charge in [-0.05, 0) is 268 Å². The minimum Gasteiger partial charge on any atom is -0.464 e. The average molecular weight is 1810 g/mol. The fourth-order valence-corrected chi connectivity index (χ4v) is 17.8. The zero-order valence-corrected chi connectivity index (χ0v) is 77.3. The fourth-order valence-electron chi connectivity index (χ4n) is 17.8. The number of anilines is 1. The molecule has 21 rings (SSSR count). The summed E-state index contributed by atoms with van der Waals surface area (Å²) in [5, 5.41) is 98.3. The molecule has 32 heteroatoms. The molecule has 0 aliphatic heterocycles. The van der Waals surface area contributed by atoms with Crippen LogP contribution in [0, 0.1) is 40.5 Å². The minimum absolute atomic E-state index is 0.164. The lowest BCUT2D eigenvalue weighted by Crippen LogP contribution is -2.29. The Morgan fingerprint density at radius 2 is 1.11 bits per heavy atom. The first kappa shape index (κ1) is 92.3. The first-order valence-corrected chi connectivity index (χ1v) is 46.2. The number of aromatic amines is 12. The first-order valence-electron chi connectivity index (χ1n) is 46.2. The van der Waals surface area contributed by atoms with Crippen molar-refractivity contribution < 1.29 is 9.53 Å². The number of esters is 1. The Kier molecular flexibility index (Phi) is 30.6. The van der Waals surface area contributed by atoms with E-state index in [1.807, 2.05) is 111 Å². The molecule has 690 valence electrons. The van der Waals surface area contributed by atoms with Crippen molar-refractivity contribution in [3.05, 3.63) is 304 Å². The molecule has 17 aromatic rings. The average Bonchev–Trinajstić information content (AvgIpc) is 1.69. The number of benzene rings is 3. The van der Waals surface area contributed by atoms with Crippen LogP contribution in [0.4, 0.5) is 5.69 Å². The number of aryl methyl sites for hydroxylation is 6. The molecule has 3 atom stereocenters. The van der Waals surface area contributed by atoms with Crippen LogP contribution >= 0.6 is 0 Å². The number of unbranched alkanes of at least 4 members (excludes halogenated alkanes) is 2. The lowest BCUT2D eigenvalue weighted by atomic mass is 9.77. The number of allylic oxidation sites excluding steroid dienone is 4. The van der Waals surface area contributed by atoms with Crippen LogP contribution in [0.25, 0.3) is 114 Å². The highest BCUT2D eigenvalue weighted by molar-refractivity contribution is 6.14. The third kappa shape index (κ3) is 21.9. The van der Waals surface area contributed by atoms with Crippen molar-refractivity contribution in [1.29, 1.82) is 0 Å². The zero-order chi connectivity index (χ0) is 93.4. The second-order valence-electron chi connectivity index (χ2n) is 34.0. The second-order valence-corrected chi connectivity index (χ2v) is 34.0. The van der Waals surface area contributed by atoms with Crippen LogP contribution in [0.3, 0.4) is 0 Å². The molecule has 0 amide bonds. The van der Waals surface area contributed by atoms with Crippen LogP contribution < -0.4 is 16.0 Å². The van der Waals surface area contributed by atoms with Gasteiger partial charge in [0.05, 0.1) is 155 Å². The molecule has 3 aromatic carbocycles. The molecule has 4 aliphatic rings. The molecule has 15 N–H and O–H groups in total. The molecule has 32 nitrogen and oxygen atoms in total. The van der Waals surface area contributed by atoms with Crippen molar-refractivity contribution in [3.8, 4) is 22.6 Å². The van der Waals surface area contributed by atoms with Gasteiger partial charge in [-0.15, -0.1) is 0 Å². The highest BCUT2D eigenvalue weighted by atomic mass is 16.5. The predicted molar refractivity (Wildman–Crippen MR) is 537 cm³/mol. The number of nitrogens with one attached hydrogen (secondary N) is 15. The lowest BCUT2D eigenvalue weighted by Gasteiger charge is -2.34. The number of ether oxygens (including phenoxy) is 1. The van der Waals surface area contributed by atoms with Crippen molar-refractivity contribution in [2.45, 2.75) is 175 Å². The van der Waals surface area contributed by atoms with E-state index >= 15 is 0 Å². The SMILES string of the molecule is C=Cc1[nH]ncc1/C=C/N=C(/C=C/CCCC)c1cc[nH]c1C(=O)OC.C=Cc1[nH]ncc1/C=C/NC(C1=CCCCCC1)c1cn[nH]c1C.C=Cc1[nH]ncc1/C=C/NC(c1cn[nH]c1C)C1CCC1.Cc1[nH]ncc1-c1cc(C)c2c(ccc3[nH]ncc32)n1.Cc1[nH]ncc1C(Nc1ccc2[nH]ncc2c1)C1=CCCC1.c1n[nH]nc1-c1nc2ccc3[nH]ncc3c2c2c1CCCC2. The number of H-pyrrole nitrogens is 12. The normalized spacial score (nSPS) is 14.6. The van der Waals surface area contributed by atoms with Crippen molar-refractivity contribution in [3.63, 3.8) is 0 Å². The van der Waals surface area contributed by atoms with Gasteiger partial charge in [0, 0.05) is 112 Å². The van der Waals surface area contributed by atoms with E-state index in [1.54, 1.807) is 55.4 Å². The Morgan fingerprint density at radius 1 is 0.533 bits per heavy atom. The van der Waals surface area contributed by atoms with E-state index in [-0.39, 0.29) is 12.1 Å². The maximum atomic E-state index is 11.9. The molecule has 135 heavy (non-hydrogen) atoms. The molecule has 1 fully saturated rings. The van der Waals surface area contributed by atoms with E-state index in [1.165, 1.54) is 121 Å². The highest BCUT2D eigenvalue weighted by Crippen LogP contribution is 2.42. The minimum atomic E-state index is -0.424. The van der Waals surface area contributed by atoms with Crippen LogP contribution in [0.5, 0.6) is 0 Å². The fraction of sp³-hybridized carbons (Fsp3) is 0.282. The number of rotatable bonds is 27. The van der Waals surface area contributed by atoms with Crippen molar-refractivity contribution in [1.82, 2.24) is 143 Å². The van der Waals surface area contributed by atoms with Gasteiger partial charge in [-0.2, -0.15) is 66.4 Å². The standard InChI is InChI=1S/C20H24N4O2.C19H25N5.C17H19N5.C16H14N6.C16H21N5.C15H13N5/c1-4-6-7-8-9-18(16-11-13-22-19(16)20(25)26-3)21-12-10-15-14-23-24-17(15)5-2;1-3-18-16(12-21-24-18)10-11-20-19(17-13-22-23-14(17)2)15-8-6-4-5-7-9-15;1-11-15(10-19-21-11)17(12-4-2-3-5-12)20-14-6-7-16-13(8-14)9-18-22-16;1-2-4-10-9(3-1)15-11-7-17-20-12(11)5-6-13(15)19-16(10)14-8-18-22-21-14;1-3-15-13(9-18-21-15)7-8-17-16(12-5-4-6-12)14-10-19-20-11(14)2;1-8-5-14(10-6-16-19-9(10)2)18-13-4-3-12-11(15(8)13)7-17-20-12/h5,8-14,22H,2,4,6-7H2,1,3H3,(H,23,24);3,8,10-13,19-20H,1,4-7,9H2,2H3,(H,21,24)(H,22,23);4,6-10,17,20H,2-3,5H2,1H3,(H,18,22)(H,19,21);5-8H,1-4H2,(H,17,20)(H,18,21,22);3,7-10,12,16-17H,1,4-6H2,2H3,(H,18,21)(H,19,20);3-7H,1-2H3,(H,16,19)(H,17,20)/b9-8+,12-10+,21-18-;11-10+;;;8-7+;. The zero-order valence-electron chi connectivity index (χ0n) is 77.3. The summed E-state index contributed by atoms with van der Waals surface area (Å²) in [4.78, 5) is 29.1. The molecular weight excluding hydrogens is 1690 g/mol. The molecular formula is C103H116N30O2. The highest BCUT2D eigenvalue weighted by Gasteiger charge is 2.31. The molecule has 14 heterocycles. The number of carbonyl (C=O) groups excluding carboxylic acids is 1. The summed E-state index contributed by atoms with van der Waals surface area (Å²) in [6.07, 6.45) is 68.9. The van der Waals surface area contributed by atoms with Crippen molar-refractivity contribution in [2.75, 3.05) is 12.4 Å². The van der Waals surface area contributed by atoms with Crippen molar-refractivity contribution in [2.24, 2.45) is 10.9 Å². The summed E-state index contributed by atoms with van der Waals surface area (Å²) in [5.74, 6) is 0.265. The first-order chi connectivity index (χ1) is 66.3. The van der Waals surface area contributed by atoms with Gasteiger partial charge >= 0.3 is 5.97 Å². The number of pyridine rings is 2. The van der Waals surface area contributed by atoms with Gasteiger partial charge in [0.15, 0.2) is 0 Å². The molecule has 1 saturated carbocycles. The summed E-state index contributed by atoms with van der Waals surface area (Å²) < 4.78 is 4.83. The number of methoxy groups -OCH3 is 1. The Balaban J connectivity index is 0.000000118. The largest absolute Gasteiger partial charge is 0.464 e. The van der Waals surface area contributed by atoms with E-state index in [0.29, 0.717) is 28.9 Å². The molecule has 0 radical (unpaired) electrons. The summed E-state index contributed by atoms with van der Waals surface area (Å²) in [6, 6.07) is 19.0. The molecule has 4 aliphatic carbocycles. The Labute approximate surface area is 781 Å². The number of hydrogen-bond donors (Lipinski definition) is 15. The molecule has 14 aromatic heterocycles. The summed E-state index contributed by atoms with van der Waals surface area (Å²) in [5.41, 5.74) is 32.4. The van der Waals surface area contributed by atoms with Crippen LogP contribution in [-0.2, 0) is 17.6 Å². The third-order valence-electron chi connectivity index (χ3n) is 25.2. The number of fused-ring (bicyclic) bond motifs is 9. The van der Waals surface area contributed by atoms with Gasteiger partial charge in [0.1, 0.15) is 11.4 Å². The van der Waals surface area contributed by atoms with Crippen LogP contribution in [0.1, 0.15) is 234 Å². The van der Waals surface area contributed by atoms with Gasteiger partial charge < -0.3 is 25.7 Å². The van der Waals surface area contributed by atoms with Gasteiger partial charge in [-0.3, -0.25) is 56.0 Å². The van der Waals surface area contributed by atoms with E-state index in [4.69, 9.17) is 14.7 Å². The molecule has 0 spiro atoms. The van der Waals surface area contributed by atoms with E-state index < -0.39 is 5.97 Å². The Hall–Kier alpha value is -16.0. The number of aliphatic imine (C=N–C) groups is 1. The number of aromatic nitrogens is 26. The third-order valence-corrected chi connectivity index (χ3v) is 25.2. The quantitative estimate of drug-likeness (QED) is 0.00984. The molecule has 3 unspecified atom stereocenters. The summed E-state index contributed by atoms with van der Waals surface area (Å²) in [6.45, 7) is 23.8. The van der Waals surface area contributed by atoms with Crippen LogP contribution in [-0.4, -0.2) is 151 Å². The Morgan fingerprint density at radius 3 is 1.73 bits per heavy atom. The smallest absolute Gasteiger partial charge is 0.355 e. The maximum absolute atomic E-state index is 11.9. The van der Waals surface area contributed by atoms with E-state index in [9.17, 15) is 4.79 Å². The van der Waals surface area contributed by atoms with Gasteiger partial charge in [0.25, 0.3) is 0 Å². The van der Waals surface area contributed by atoms with Gasteiger partial charge in [0.2, 0.25) is 0 Å². The lowest BCUT2D eigenvalue weighted by molar-refractivity contribution is 0.0594. The van der Waals surface area contributed by atoms with E-state index in [2.05, 4.69) is 246 Å². The topological polar surface area (TPSA) is 445 Å². The van der Waals surface area contributed by atoms with Crippen molar-refractivity contribution >= 4 is 108 Å². The van der Waals surface area contributed by atoms with Gasteiger partial charge in [-0.25, -0.2) is 14.8 Å². The molecule has 0 bridgehead atoms. The predicted octanol–water partition coefficient (Wildman–Crippen LogP) is 21.6. The van der Waals surface area contributed by atoms with Gasteiger partial charge in [-0.1, -0.05) is 70.6 Å². The van der Waals surface area contributed by atoms with E-state index in [0.717, 1.165) is 185 Å². The molecule has 0 saturated heterocycles. The monoisotopic (exact) mass is 1800 g/mol. The van der Waals surface area contributed by atoms with Crippen LogP contribution in [0.2, 0.25) is 0 Å². The summed E-state index contributed by atoms with van der Waals surface area (Å²) in [7, 11) is 1.36. The summed E-state index contributed by atoms with van der Waals surface area (Å²) >= 11 is 0. The number of carbonyl (C=O) groups is 1. The number of nitrogens with zero attached hydrogens (tertiary/aromatic N) is 15. The Bertz CT molecular complexity index is 7090. The second kappa shape index (κ2) is 44.7. The van der Waals surface area contributed by atoms with Crippen LogP contribution in [0.15, 0.2) is 208 Å². The number of hydrogen-bond acceptors (Lipinski definition) is 20. The maximum Gasteiger partial charge on any atom is 0.355 e.